The van der Waals surface area contributed by atoms with E-state index in [1.165, 1.54) is 11.1 Å². The summed E-state index contributed by atoms with van der Waals surface area (Å²) in [5.41, 5.74) is 2.75. The van der Waals surface area contributed by atoms with Crippen LogP contribution < -0.4 is 0 Å². The maximum Gasteiger partial charge on any atom is 0.167 e. The summed E-state index contributed by atoms with van der Waals surface area (Å²) in [5, 5.41) is 0.714. The predicted octanol–water partition coefficient (Wildman–Crippen LogP) is 4.45. The summed E-state index contributed by atoms with van der Waals surface area (Å²) in [6.07, 6.45) is 6.47. The Kier molecular flexibility index (Phi) is 10.9. The molecule has 0 radical (unpaired) electrons. The molecule has 100 valence electrons. The van der Waals surface area contributed by atoms with E-state index in [1.54, 1.807) is 0 Å². The first kappa shape index (κ1) is 16.9. The molecule has 0 amide bonds. The fourth-order valence-electron chi connectivity index (χ4n) is 1.31. The van der Waals surface area contributed by atoms with Crippen LogP contribution in [0, 0.1) is 0 Å². The highest BCUT2D eigenvalue weighted by Crippen LogP contribution is 2.07. The topological polar surface area (TPSA) is 18.5 Å². The highest BCUT2D eigenvalue weighted by atomic mass is 79.9. The molecule has 0 saturated heterocycles. The van der Waals surface area contributed by atoms with Crippen LogP contribution in [-0.2, 0) is 9.47 Å². The van der Waals surface area contributed by atoms with Crippen LogP contribution in [0.25, 0.3) is 0 Å². The van der Waals surface area contributed by atoms with Crippen LogP contribution in [0.1, 0.15) is 40.5 Å². The van der Waals surface area contributed by atoms with E-state index in [1.807, 2.05) is 6.92 Å². The Morgan fingerprint density at radius 2 is 1.88 bits per heavy atom. The van der Waals surface area contributed by atoms with E-state index in [9.17, 15) is 0 Å². The second-order valence-corrected chi connectivity index (χ2v) is 4.89. The van der Waals surface area contributed by atoms with Gasteiger partial charge in [-0.05, 0) is 40.5 Å². The van der Waals surface area contributed by atoms with Gasteiger partial charge >= 0.3 is 0 Å². The molecular weight excluding hydrogens is 280 g/mol. The highest BCUT2D eigenvalue weighted by Gasteiger charge is 2.04. The number of alkyl halides is 1. The third-order valence-electron chi connectivity index (χ3n) is 2.28. The summed E-state index contributed by atoms with van der Waals surface area (Å²) < 4.78 is 10.9. The van der Waals surface area contributed by atoms with Crippen molar-refractivity contribution in [3.8, 4) is 0 Å². The van der Waals surface area contributed by atoms with E-state index in [-0.39, 0.29) is 6.29 Å². The molecule has 1 atom stereocenters. The van der Waals surface area contributed by atoms with Crippen molar-refractivity contribution in [3.05, 3.63) is 23.3 Å². The minimum atomic E-state index is -0.137. The zero-order chi connectivity index (χ0) is 13.1. The number of ether oxygens (including phenoxy) is 2. The van der Waals surface area contributed by atoms with Crippen LogP contribution in [0.3, 0.4) is 0 Å². The van der Waals surface area contributed by atoms with Gasteiger partial charge in [-0.15, -0.1) is 0 Å². The van der Waals surface area contributed by atoms with Gasteiger partial charge in [0, 0.05) is 6.61 Å². The molecule has 0 aromatic rings. The zero-order valence-electron chi connectivity index (χ0n) is 11.5. The minimum absolute atomic E-state index is 0.137. The van der Waals surface area contributed by atoms with E-state index in [0.29, 0.717) is 18.5 Å². The molecule has 0 aromatic heterocycles. The van der Waals surface area contributed by atoms with Gasteiger partial charge < -0.3 is 9.47 Å². The summed E-state index contributed by atoms with van der Waals surface area (Å²) in [5.74, 6) is 0. The average molecular weight is 305 g/mol. The fourth-order valence-corrected chi connectivity index (χ4v) is 1.69. The lowest BCUT2D eigenvalue weighted by Crippen LogP contribution is -2.18. The van der Waals surface area contributed by atoms with Gasteiger partial charge in [0.15, 0.2) is 6.29 Å². The molecule has 0 saturated carbocycles. The molecule has 0 aliphatic rings. The van der Waals surface area contributed by atoms with Gasteiger partial charge in [-0.2, -0.15) is 0 Å². The summed E-state index contributed by atoms with van der Waals surface area (Å²) in [6.45, 7) is 9.68. The lowest BCUT2D eigenvalue weighted by molar-refractivity contribution is -0.114. The van der Waals surface area contributed by atoms with Crippen molar-refractivity contribution in [1.29, 1.82) is 0 Å². The molecule has 0 fully saturated rings. The van der Waals surface area contributed by atoms with Gasteiger partial charge in [0.1, 0.15) is 0 Å². The maximum absolute atomic E-state index is 5.57. The number of halogens is 1. The van der Waals surface area contributed by atoms with Crippen molar-refractivity contribution in [2.75, 3.05) is 18.5 Å². The van der Waals surface area contributed by atoms with Crippen LogP contribution >= 0.6 is 15.9 Å². The first-order valence-electron chi connectivity index (χ1n) is 6.18. The van der Waals surface area contributed by atoms with Gasteiger partial charge in [0.05, 0.1) is 11.9 Å². The molecule has 0 rings (SSSR count). The number of hydrogen-bond acceptors (Lipinski definition) is 2. The summed E-state index contributed by atoms with van der Waals surface area (Å²) in [4.78, 5) is 0. The summed E-state index contributed by atoms with van der Waals surface area (Å²) in [7, 11) is 0. The van der Waals surface area contributed by atoms with Crippen LogP contribution in [0.4, 0.5) is 0 Å². The van der Waals surface area contributed by atoms with Crippen molar-refractivity contribution in [3.63, 3.8) is 0 Å². The molecule has 0 spiro atoms. The monoisotopic (exact) mass is 304 g/mol. The molecule has 0 heterocycles. The quantitative estimate of drug-likeness (QED) is 0.356. The lowest BCUT2D eigenvalue weighted by Gasteiger charge is -2.13. The number of allylic oxidation sites excluding steroid dienone is 3. The molecule has 17 heavy (non-hydrogen) atoms. The molecule has 0 aliphatic heterocycles. The van der Waals surface area contributed by atoms with Gasteiger partial charge in [-0.1, -0.05) is 39.2 Å². The Labute approximate surface area is 114 Å². The van der Waals surface area contributed by atoms with Gasteiger partial charge in [-0.25, -0.2) is 0 Å². The molecular formula is C14H25BrO2. The minimum Gasteiger partial charge on any atom is -0.352 e. The Hall–Kier alpha value is -0.120. The summed E-state index contributed by atoms with van der Waals surface area (Å²) >= 11 is 3.36. The van der Waals surface area contributed by atoms with Crippen molar-refractivity contribution in [2.45, 2.75) is 46.8 Å². The highest BCUT2D eigenvalue weighted by molar-refractivity contribution is 9.09. The largest absolute Gasteiger partial charge is 0.352 e. The second kappa shape index (κ2) is 11.0. The van der Waals surface area contributed by atoms with Crippen molar-refractivity contribution >= 4 is 15.9 Å². The average Bonchev–Trinajstić information content (AvgIpc) is 2.27. The molecule has 0 N–H and O–H groups in total. The Morgan fingerprint density at radius 3 is 2.41 bits per heavy atom. The first-order valence-corrected chi connectivity index (χ1v) is 7.30. The Balaban J connectivity index is 3.78. The van der Waals surface area contributed by atoms with Crippen LogP contribution in [0.15, 0.2) is 23.3 Å². The van der Waals surface area contributed by atoms with Crippen molar-refractivity contribution in [2.24, 2.45) is 0 Å². The fraction of sp³-hybridized carbons (Fsp3) is 0.714. The molecule has 0 aromatic carbocycles. The van der Waals surface area contributed by atoms with Gasteiger partial charge in [0.2, 0.25) is 0 Å². The normalized spacial score (nSPS) is 13.6. The van der Waals surface area contributed by atoms with E-state index in [4.69, 9.17) is 9.47 Å². The van der Waals surface area contributed by atoms with E-state index in [0.717, 1.165) is 12.8 Å². The van der Waals surface area contributed by atoms with Crippen LogP contribution in [0.2, 0.25) is 0 Å². The third kappa shape index (κ3) is 10.7. The smallest absolute Gasteiger partial charge is 0.167 e. The second-order valence-electron chi connectivity index (χ2n) is 4.24. The van der Waals surface area contributed by atoms with E-state index in [2.05, 4.69) is 48.9 Å². The van der Waals surface area contributed by atoms with E-state index >= 15 is 0 Å². The molecule has 0 bridgehead atoms. The number of rotatable bonds is 9. The van der Waals surface area contributed by atoms with Gasteiger partial charge in [0.25, 0.3) is 0 Å². The predicted molar refractivity (Wildman–Crippen MR) is 77.6 cm³/mol. The summed E-state index contributed by atoms with van der Waals surface area (Å²) in [6, 6.07) is 0. The number of hydrogen-bond donors (Lipinski definition) is 0. The Bertz CT molecular complexity index is 243. The lowest BCUT2D eigenvalue weighted by atomic mass is 10.1. The van der Waals surface area contributed by atoms with Crippen LogP contribution in [-0.4, -0.2) is 24.8 Å². The first-order chi connectivity index (χ1) is 8.10. The van der Waals surface area contributed by atoms with Crippen molar-refractivity contribution in [1.82, 2.24) is 0 Å². The molecule has 1 unspecified atom stereocenters. The standard InChI is InChI=1S/C14H25BrO2/c1-5-16-14(11-15)17-10-9-13(4)8-6-7-12(2)3/h7,9,14H,5-6,8,10-11H2,1-4H3/b13-9+. The molecule has 0 aliphatic carbocycles. The van der Waals surface area contributed by atoms with E-state index < -0.39 is 0 Å². The van der Waals surface area contributed by atoms with Crippen LogP contribution in [0.5, 0.6) is 0 Å². The third-order valence-corrected chi connectivity index (χ3v) is 2.81. The molecule has 3 heteroatoms. The zero-order valence-corrected chi connectivity index (χ0v) is 13.0. The van der Waals surface area contributed by atoms with Crippen molar-refractivity contribution < 1.29 is 9.47 Å². The molecule has 2 nitrogen and oxygen atoms in total. The Morgan fingerprint density at radius 1 is 1.18 bits per heavy atom. The SMILES string of the molecule is CCOC(CBr)OC/C=C(\C)CCC=C(C)C. The van der Waals surface area contributed by atoms with Gasteiger partial charge in [-0.3, -0.25) is 0 Å². The maximum atomic E-state index is 5.57.